The fourth-order valence-corrected chi connectivity index (χ4v) is 6.69. The molecule has 0 unspecified atom stereocenters. The third-order valence-electron chi connectivity index (χ3n) is 7.04. The number of piperidine rings is 1. The normalized spacial score (nSPS) is 17.4. The fraction of sp³-hybridized carbons (Fsp3) is 0.500. The topological polar surface area (TPSA) is 103 Å². The minimum atomic E-state index is -5.01. The zero-order valence-electron chi connectivity index (χ0n) is 20.5. The van der Waals surface area contributed by atoms with Crippen LogP contribution in [0.1, 0.15) is 48.1 Å². The van der Waals surface area contributed by atoms with Crippen LogP contribution in [0, 0.1) is 11.2 Å². The van der Waals surface area contributed by atoms with Crippen LogP contribution in [0.15, 0.2) is 28.1 Å². The molecular weight excluding hydrogens is 512 g/mol. The highest BCUT2D eigenvalue weighted by Gasteiger charge is 2.41. The molecular formula is C24H28F4N6O2S. The Morgan fingerprint density at radius 3 is 2.51 bits per heavy atom. The number of sulfonamides is 1. The van der Waals surface area contributed by atoms with Crippen LogP contribution in [-0.4, -0.2) is 68.1 Å². The Kier molecular flexibility index (Phi) is 7.65. The van der Waals surface area contributed by atoms with E-state index in [1.807, 2.05) is 4.90 Å². The summed E-state index contributed by atoms with van der Waals surface area (Å²) in [5, 5.41) is 16.3. The Morgan fingerprint density at radius 1 is 1.22 bits per heavy atom. The van der Waals surface area contributed by atoms with Crippen molar-refractivity contribution in [3.05, 3.63) is 46.4 Å². The molecule has 13 heteroatoms. The molecule has 0 radical (unpaired) electrons. The van der Waals surface area contributed by atoms with E-state index in [2.05, 4.69) is 15.2 Å². The van der Waals surface area contributed by atoms with Gasteiger partial charge in [-0.1, -0.05) is 0 Å². The van der Waals surface area contributed by atoms with Crippen molar-refractivity contribution in [3.8, 4) is 0 Å². The van der Waals surface area contributed by atoms with Crippen molar-refractivity contribution < 1.29 is 26.0 Å². The molecule has 1 N–H and O–H groups in total. The molecule has 2 aliphatic rings. The third-order valence-corrected chi connectivity index (χ3v) is 9.01. The number of aromatic nitrogens is 2. The number of anilines is 1. The molecule has 8 nitrogen and oxygen atoms in total. The summed E-state index contributed by atoms with van der Waals surface area (Å²) in [6, 6.07) is 1.08. The van der Waals surface area contributed by atoms with E-state index in [4.69, 9.17) is 5.41 Å². The van der Waals surface area contributed by atoms with Crippen molar-refractivity contribution in [2.75, 3.05) is 32.1 Å². The predicted octanol–water partition coefficient (Wildman–Crippen LogP) is 3.87. The van der Waals surface area contributed by atoms with E-state index < -0.39 is 38.5 Å². The van der Waals surface area contributed by atoms with Gasteiger partial charge in [-0.25, -0.2) is 12.8 Å². The van der Waals surface area contributed by atoms with Gasteiger partial charge in [-0.15, -0.1) is 10.2 Å². The summed E-state index contributed by atoms with van der Waals surface area (Å²) in [5.41, 5.74) is 2.06. The van der Waals surface area contributed by atoms with Crippen LogP contribution < -0.4 is 4.90 Å². The molecule has 1 aliphatic carbocycles. The summed E-state index contributed by atoms with van der Waals surface area (Å²) in [5.74, 6) is -0.416. The number of aliphatic imine (C=N–C) groups is 1. The molecule has 1 fully saturated rings. The van der Waals surface area contributed by atoms with Gasteiger partial charge in [0.25, 0.3) is 0 Å². The number of nitrogens with zero attached hydrogens (tertiary/aromatic N) is 5. The first-order valence-corrected chi connectivity index (χ1v) is 13.4. The van der Waals surface area contributed by atoms with Gasteiger partial charge in [-0.05, 0) is 55.9 Å². The Morgan fingerprint density at radius 2 is 1.89 bits per heavy atom. The number of hydrogen-bond acceptors (Lipinski definition) is 7. The van der Waals surface area contributed by atoms with Crippen LogP contribution in [0.4, 0.5) is 23.4 Å². The summed E-state index contributed by atoms with van der Waals surface area (Å²) in [7, 11) is -1.59. The van der Waals surface area contributed by atoms with E-state index in [0.29, 0.717) is 49.8 Å². The van der Waals surface area contributed by atoms with Crippen LogP contribution in [0.25, 0.3) is 0 Å². The van der Waals surface area contributed by atoms with E-state index in [0.717, 1.165) is 46.6 Å². The molecule has 1 aromatic heterocycles. The lowest BCUT2D eigenvalue weighted by atomic mass is 10.0. The minimum Gasteiger partial charge on any atom is -0.355 e. The first-order chi connectivity index (χ1) is 17.5. The highest BCUT2D eigenvalue weighted by molar-refractivity contribution is 7.89. The van der Waals surface area contributed by atoms with Crippen LogP contribution in [0.2, 0.25) is 0 Å². The maximum Gasteiger partial charge on any atom is 0.417 e. The molecule has 1 aromatic carbocycles. The van der Waals surface area contributed by atoms with Gasteiger partial charge in [0.2, 0.25) is 10.0 Å². The predicted molar refractivity (Wildman–Crippen MR) is 132 cm³/mol. The summed E-state index contributed by atoms with van der Waals surface area (Å²) in [6.07, 6.45) is -0.0000789. The van der Waals surface area contributed by atoms with E-state index >= 15 is 0 Å². The number of halogens is 4. The lowest BCUT2D eigenvalue weighted by Gasteiger charge is -2.37. The van der Waals surface area contributed by atoms with E-state index in [-0.39, 0.29) is 6.07 Å². The summed E-state index contributed by atoms with van der Waals surface area (Å²) in [4.78, 5) is 5.35. The minimum absolute atomic E-state index is 0.211. The van der Waals surface area contributed by atoms with E-state index in [9.17, 15) is 26.0 Å². The molecule has 1 saturated heterocycles. The second kappa shape index (κ2) is 10.4. The van der Waals surface area contributed by atoms with Crippen LogP contribution in [0.3, 0.4) is 0 Å². The summed E-state index contributed by atoms with van der Waals surface area (Å²) >= 11 is 0. The van der Waals surface area contributed by atoms with Crippen molar-refractivity contribution in [1.82, 2.24) is 14.5 Å². The van der Waals surface area contributed by atoms with Crippen molar-refractivity contribution in [3.63, 3.8) is 0 Å². The van der Waals surface area contributed by atoms with Gasteiger partial charge in [0.1, 0.15) is 11.5 Å². The molecule has 0 amide bonds. The largest absolute Gasteiger partial charge is 0.417 e. The van der Waals surface area contributed by atoms with Gasteiger partial charge in [0.15, 0.2) is 5.82 Å². The van der Waals surface area contributed by atoms with Gasteiger partial charge in [-0.2, -0.15) is 17.5 Å². The first-order valence-electron chi connectivity index (χ1n) is 11.9. The smallest absolute Gasteiger partial charge is 0.355 e. The molecule has 1 aliphatic heterocycles. The zero-order chi connectivity index (χ0) is 27.0. The second-order valence-electron chi connectivity index (χ2n) is 9.14. The monoisotopic (exact) mass is 540 g/mol. The third kappa shape index (κ3) is 5.24. The molecule has 2 aromatic rings. The number of alkyl halides is 3. The second-order valence-corrected chi connectivity index (χ2v) is 11.1. The Bertz CT molecular complexity index is 1320. The number of rotatable bonds is 7. The number of benzene rings is 1. The lowest BCUT2D eigenvalue weighted by molar-refractivity contribution is -0.140. The van der Waals surface area contributed by atoms with Crippen LogP contribution in [-0.2, 0) is 29.0 Å². The van der Waals surface area contributed by atoms with Crippen molar-refractivity contribution in [2.45, 2.75) is 55.6 Å². The number of nitrogens with one attached hydrogen (secondary N) is 1. The Balaban J connectivity index is 1.54. The standard InChI is InChI=1S/C24H28F4N6O2S/c1-30-20(8-11-29)22-17-4-3-5-18(17)23(32-31-22)34-12-9-16(10-13-34)33(2)37(35,36)21-7-6-15(25)14-19(21)24(26,27)28/h6-7,11,14,16,29H,3-5,8-10,12-13H2,1-2H3. The van der Waals surface area contributed by atoms with Gasteiger partial charge in [-0.3, -0.25) is 4.99 Å². The fourth-order valence-electron chi connectivity index (χ4n) is 5.09. The average Bonchev–Trinajstić information content (AvgIpc) is 3.36. The Labute approximate surface area is 213 Å². The molecule has 0 saturated carbocycles. The molecule has 2 heterocycles. The molecule has 200 valence electrons. The Hall–Kier alpha value is -2.93. The molecule has 0 bridgehead atoms. The quantitative estimate of drug-likeness (QED) is 0.424. The number of hydrogen-bond donors (Lipinski definition) is 1. The summed E-state index contributed by atoms with van der Waals surface area (Å²) in [6.45, 7) is 0.908. The maximum atomic E-state index is 13.5. The van der Waals surface area contributed by atoms with Crippen LogP contribution in [0.5, 0.6) is 0 Å². The first kappa shape index (κ1) is 27.1. The van der Waals surface area contributed by atoms with Gasteiger partial charge in [0, 0.05) is 51.4 Å². The van der Waals surface area contributed by atoms with E-state index in [1.54, 1.807) is 7.05 Å². The van der Waals surface area contributed by atoms with E-state index in [1.165, 1.54) is 13.3 Å². The SMILES string of the molecule is CN=C(CC=N)c1nnc(N2CCC(N(C)S(=O)(=O)c3ccc(F)cc3C(F)(F)F)CC2)c2c1CCC2. The maximum absolute atomic E-state index is 13.5. The molecule has 37 heavy (non-hydrogen) atoms. The van der Waals surface area contributed by atoms with Crippen LogP contribution >= 0.6 is 0 Å². The molecule has 0 atom stereocenters. The van der Waals surface area contributed by atoms with Gasteiger partial charge < -0.3 is 10.3 Å². The van der Waals surface area contributed by atoms with Crippen molar-refractivity contribution in [1.29, 1.82) is 5.41 Å². The molecule has 0 spiro atoms. The summed E-state index contributed by atoms with van der Waals surface area (Å²) < 4.78 is 81.2. The lowest BCUT2D eigenvalue weighted by Crippen LogP contribution is -2.46. The van der Waals surface area contributed by atoms with Crippen molar-refractivity contribution in [2.24, 2.45) is 4.99 Å². The zero-order valence-corrected chi connectivity index (χ0v) is 21.3. The van der Waals surface area contributed by atoms with Gasteiger partial charge in [0.05, 0.1) is 16.2 Å². The van der Waals surface area contributed by atoms with Crippen molar-refractivity contribution >= 4 is 27.8 Å². The molecule has 4 rings (SSSR count). The number of fused-ring (bicyclic) bond motifs is 1. The highest BCUT2D eigenvalue weighted by Crippen LogP contribution is 2.37. The van der Waals surface area contributed by atoms with Gasteiger partial charge >= 0.3 is 6.18 Å². The average molecular weight is 541 g/mol. The highest BCUT2D eigenvalue weighted by atomic mass is 32.2.